The average Bonchev–Trinajstić information content (AvgIpc) is 2.47. The third-order valence-electron chi connectivity index (χ3n) is 3.36. The Morgan fingerprint density at radius 1 is 1.05 bits per heavy atom. The number of hydrogen-bond acceptors (Lipinski definition) is 3. The largest absolute Gasteiger partial charge is 0.370 e. The first-order valence-electron chi connectivity index (χ1n) is 6.72. The Balaban J connectivity index is 2.28. The third-order valence-corrected chi connectivity index (χ3v) is 3.36. The van der Waals surface area contributed by atoms with Crippen LogP contribution in [-0.2, 0) is 4.79 Å². The van der Waals surface area contributed by atoms with E-state index in [0.29, 0.717) is 5.56 Å². The molecule has 21 heavy (non-hydrogen) atoms. The molecule has 2 aromatic carbocycles. The van der Waals surface area contributed by atoms with E-state index < -0.39 is 11.9 Å². The van der Waals surface area contributed by atoms with Crippen LogP contribution in [0.2, 0.25) is 0 Å². The van der Waals surface area contributed by atoms with Crippen molar-refractivity contribution >= 4 is 11.7 Å². The van der Waals surface area contributed by atoms with E-state index in [2.05, 4.69) is 0 Å². The maximum absolute atomic E-state index is 11.3. The summed E-state index contributed by atoms with van der Waals surface area (Å²) >= 11 is 0. The van der Waals surface area contributed by atoms with Gasteiger partial charge in [0, 0.05) is 18.0 Å². The number of carbonyl (C=O) groups excluding carboxylic acids is 2. The van der Waals surface area contributed by atoms with Gasteiger partial charge in [-0.15, -0.1) is 0 Å². The van der Waals surface area contributed by atoms with Crippen LogP contribution >= 0.6 is 0 Å². The summed E-state index contributed by atoms with van der Waals surface area (Å²) in [5, 5.41) is 0. The van der Waals surface area contributed by atoms with Crippen LogP contribution in [0.4, 0.5) is 0 Å². The number of ketones is 1. The lowest BCUT2D eigenvalue weighted by molar-refractivity contribution is -0.118. The second kappa shape index (κ2) is 6.33. The Bertz CT molecular complexity index is 663. The van der Waals surface area contributed by atoms with Crippen molar-refractivity contribution in [2.24, 2.45) is 11.5 Å². The summed E-state index contributed by atoms with van der Waals surface area (Å²) in [5.41, 5.74) is 14.7. The van der Waals surface area contributed by atoms with Gasteiger partial charge in [0.25, 0.3) is 0 Å². The summed E-state index contributed by atoms with van der Waals surface area (Å²) in [6.07, 6.45) is 0.118. The predicted octanol–water partition coefficient (Wildman–Crippen LogP) is 2.43. The first-order valence-corrected chi connectivity index (χ1v) is 6.72. The van der Waals surface area contributed by atoms with Crippen LogP contribution in [0, 0.1) is 0 Å². The molecule has 0 fully saturated rings. The molecule has 0 heterocycles. The highest BCUT2D eigenvalue weighted by atomic mass is 16.1. The van der Waals surface area contributed by atoms with Crippen molar-refractivity contribution in [3.05, 3.63) is 59.7 Å². The molecule has 1 atom stereocenters. The number of benzene rings is 2. The molecule has 0 saturated heterocycles. The van der Waals surface area contributed by atoms with Gasteiger partial charge in [0.15, 0.2) is 5.78 Å². The lowest BCUT2D eigenvalue weighted by Gasteiger charge is -2.12. The molecule has 4 nitrogen and oxygen atoms in total. The van der Waals surface area contributed by atoms with Gasteiger partial charge in [0.05, 0.1) is 0 Å². The van der Waals surface area contributed by atoms with Gasteiger partial charge in [-0.1, -0.05) is 42.5 Å². The average molecular weight is 282 g/mol. The first-order chi connectivity index (χ1) is 9.97. The molecule has 108 valence electrons. The van der Waals surface area contributed by atoms with Crippen LogP contribution in [0.15, 0.2) is 48.5 Å². The van der Waals surface area contributed by atoms with E-state index in [-0.39, 0.29) is 12.2 Å². The van der Waals surface area contributed by atoms with Crippen molar-refractivity contribution in [1.82, 2.24) is 0 Å². The molecule has 1 amide bonds. The molecule has 0 radical (unpaired) electrons. The normalized spacial score (nSPS) is 11.9. The van der Waals surface area contributed by atoms with E-state index in [0.717, 1.165) is 16.7 Å². The van der Waals surface area contributed by atoms with Gasteiger partial charge in [-0.25, -0.2) is 0 Å². The maximum Gasteiger partial charge on any atom is 0.219 e. The Kier molecular flexibility index (Phi) is 4.50. The minimum Gasteiger partial charge on any atom is -0.370 e. The SMILES string of the molecule is CC(=O)c1ccc(-c2cccc(C(N)CC(N)=O)c2)cc1. The summed E-state index contributed by atoms with van der Waals surface area (Å²) in [5.74, 6) is -0.377. The van der Waals surface area contributed by atoms with Gasteiger partial charge in [0.2, 0.25) is 5.91 Å². The molecule has 4 N–H and O–H groups in total. The molecule has 0 saturated carbocycles. The highest BCUT2D eigenvalue weighted by molar-refractivity contribution is 5.94. The Labute approximate surface area is 123 Å². The Hall–Kier alpha value is -2.46. The maximum atomic E-state index is 11.3. The van der Waals surface area contributed by atoms with Crippen molar-refractivity contribution in [3.63, 3.8) is 0 Å². The van der Waals surface area contributed by atoms with E-state index in [1.807, 2.05) is 36.4 Å². The second-order valence-corrected chi connectivity index (χ2v) is 5.04. The number of Topliss-reactive ketones (excluding diaryl/α,β-unsaturated/α-hetero) is 1. The Morgan fingerprint density at radius 3 is 2.29 bits per heavy atom. The molecule has 0 aliphatic carbocycles. The first kappa shape index (κ1) is 14.9. The molecule has 2 aromatic rings. The summed E-state index contributed by atoms with van der Waals surface area (Å²) in [7, 11) is 0. The van der Waals surface area contributed by atoms with Crippen molar-refractivity contribution in [1.29, 1.82) is 0 Å². The molecule has 0 aliphatic rings. The van der Waals surface area contributed by atoms with E-state index in [1.165, 1.54) is 0 Å². The van der Waals surface area contributed by atoms with Crippen LogP contribution in [0.1, 0.15) is 35.3 Å². The van der Waals surface area contributed by atoms with Gasteiger partial charge in [-0.2, -0.15) is 0 Å². The van der Waals surface area contributed by atoms with Gasteiger partial charge in [-0.3, -0.25) is 9.59 Å². The van der Waals surface area contributed by atoms with E-state index in [1.54, 1.807) is 19.1 Å². The quantitative estimate of drug-likeness (QED) is 0.826. The summed E-state index contributed by atoms with van der Waals surface area (Å²) in [6, 6.07) is 14.7. The third kappa shape index (κ3) is 3.77. The van der Waals surface area contributed by atoms with Crippen molar-refractivity contribution in [2.75, 3.05) is 0 Å². The van der Waals surface area contributed by atoms with Crippen LogP contribution in [0.25, 0.3) is 11.1 Å². The van der Waals surface area contributed by atoms with Gasteiger partial charge in [0.1, 0.15) is 0 Å². The molecule has 2 rings (SSSR count). The van der Waals surface area contributed by atoms with Crippen molar-refractivity contribution in [3.8, 4) is 11.1 Å². The summed E-state index contributed by atoms with van der Waals surface area (Å²) < 4.78 is 0. The number of carbonyl (C=O) groups is 2. The lowest BCUT2D eigenvalue weighted by atomic mass is 9.97. The molecule has 0 bridgehead atoms. The molecular formula is C17H18N2O2. The minimum atomic E-state index is -0.418. The van der Waals surface area contributed by atoms with Gasteiger partial charge < -0.3 is 11.5 Å². The predicted molar refractivity (Wildman–Crippen MR) is 82.6 cm³/mol. The molecule has 1 unspecified atom stereocenters. The standard InChI is InChI=1S/C17H18N2O2/c1-11(20)12-5-7-13(8-6-12)14-3-2-4-15(9-14)16(18)10-17(19)21/h2-9,16H,10,18H2,1H3,(H2,19,21). The van der Waals surface area contributed by atoms with E-state index in [4.69, 9.17) is 11.5 Å². The van der Waals surface area contributed by atoms with Gasteiger partial charge >= 0.3 is 0 Å². The number of nitrogens with two attached hydrogens (primary N) is 2. The second-order valence-electron chi connectivity index (χ2n) is 5.04. The zero-order valence-corrected chi connectivity index (χ0v) is 11.9. The molecule has 0 aliphatic heterocycles. The number of primary amides is 1. The number of amides is 1. The van der Waals surface area contributed by atoms with Crippen LogP contribution in [0.5, 0.6) is 0 Å². The fourth-order valence-corrected chi connectivity index (χ4v) is 2.18. The van der Waals surface area contributed by atoms with Crippen LogP contribution in [0.3, 0.4) is 0 Å². The van der Waals surface area contributed by atoms with Gasteiger partial charge in [-0.05, 0) is 29.7 Å². The number of hydrogen-bond donors (Lipinski definition) is 2. The zero-order chi connectivity index (χ0) is 15.4. The van der Waals surface area contributed by atoms with Crippen LogP contribution in [-0.4, -0.2) is 11.7 Å². The van der Waals surface area contributed by atoms with Crippen molar-refractivity contribution in [2.45, 2.75) is 19.4 Å². The van der Waals surface area contributed by atoms with Crippen LogP contribution < -0.4 is 11.5 Å². The molecule has 0 aromatic heterocycles. The zero-order valence-electron chi connectivity index (χ0n) is 11.9. The smallest absolute Gasteiger partial charge is 0.219 e. The monoisotopic (exact) mass is 282 g/mol. The van der Waals surface area contributed by atoms with E-state index >= 15 is 0 Å². The lowest BCUT2D eigenvalue weighted by Crippen LogP contribution is -2.20. The van der Waals surface area contributed by atoms with Crippen molar-refractivity contribution < 1.29 is 9.59 Å². The summed E-state index contributed by atoms with van der Waals surface area (Å²) in [6.45, 7) is 1.54. The highest BCUT2D eigenvalue weighted by Crippen LogP contribution is 2.24. The molecular weight excluding hydrogens is 264 g/mol. The Morgan fingerprint density at radius 2 is 1.71 bits per heavy atom. The summed E-state index contributed by atoms with van der Waals surface area (Å²) in [4.78, 5) is 22.2. The fraction of sp³-hybridized carbons (Fsp3) is 0.176. The molecule has 4 heteroatoms. The molecule has 0 spiro atoms. The number of rotatable bonds is 5. The van der Waals surface area contributed by atoms with E-state index in [9.17, 15) is 9.59 Å². The topological polar surface area (TPSA) is 86.2 Å². The minimum absolute atomic E-state index is 0.0405. The fourth-order valence-electron chi connectivity index (χ4n) is 2.18. The highest BCUT2D eigenvalue weighted by Gasteiger charge is 2.10.